The second-order valence-electron chi connectivity index (χ2n) is 6.74. The van der Waals surface area contributed by atoms with Crippen molar-refractivity contribution in [1.82, 2.24) is 14.9 Å². The van der Waals surface area contributed by atoms with Crippen molar-refractivity contribution in [3.05, 3.63) is 64.6 Å². The molecule has 122 valence electrons. The number of aromatic amines is 1. The zero-order chi connectivity index (χ0) is 16.8. The topological polar surface area (TPSA) is 49.0 Å². The number of nitrogens with zero attached hydrogens (tertiary/aromatic N) is 2. The first-order chi connectivity index (χ1) is 11.6. The fraction of sp³-hybridized carbons (Fsp3) is 0.300. The number of amides is 1. The Kier molecular flexibility index (Phi) is 3.41. The molecule has 0 spiro atoms. The van der Waals surface area contributed by atoms with Gasteiger partial charge in [0.2, 0.25) is 0 Å². The highest BCUT2D eigenvalue weighted by atomic mass is 16.2. The maximum Gasteiger partial charge on any atom is 0.270 e. The summed E-state index contributed by atoms with van der Waals surface area (Å²) in [5.41, 5.74) is 6.31. The van der Waals surface area contributed by atoms with Crippen LogP contribution >= 0.6 is 0 Å². The van der Waals surface area contributed by atoms with Crippen LogP contribution in [0, 0.1) is 20.8 Å². The summed E-state index contributed by atoms with van der Waals surface area (Å²) in [5, 5.41) is 1.18. The number of nitrogens with one attached hydrogen (secondary N) is 1. The molecule has 4 rings (SSSR count). The molecule has 3 aromatic rings. The van der Waals surface area contributed by atoms with Gasteiger partial charge in [0.25, 0.3) is 5.91 Å². The Balaban J connectivity index is 1.60. The molecule has 3 heterocycles. The number of carbonyl (C=O) groups is 1. The molecule has 1 aliphatic rings. The summed E-state index contributed by atoms with van der Waals surface area (Å²) >= 11 is 0. The lowest BCUT2D eigenvalue weighted by atomic mass is 9.95. The predicted octanol–water partition coefficient (Wildman–Crippen LogP) is 3.73. The number of aryl methyl sites for hydroxylation is 3. The van der Waals surface area contributed by atoms with Crippen LogP contribution in [-0.4, -0.2) is 33.9 Å². The molecule has 1 aliphatic heterocycles. The van der Waals surface area contributed by atoms with Crippen LogP contribution in [0.3, 0.4) is 0 Å². The van der Waals surface area contributed by atoms with Gasteiger partial charge in [0.15, 0.2) is 0 Å². The molecule has 0 saturated carbocycles. The number of H-pyrrole nitrogens is 1. The van der Waals surface area contributed by atoms with Crippen molar-refractivity contribution < 1.29 is 4.79 Å². The average molecular weight is 319 g/mol. The number of hydrogen-bond donors (Lipinski definition) is 1. The monoisotopic (exact) mass is 319 g/mol. The highest BCUT2D eigenvalue weighted by molar-refractivity contribution is 6.02. The van der Waals surface area contributed by atoms with Gasteiger partial charge in [-0.15, -0.1) is 0 Å². The van der Waals surface area contributed by atoms with E-state index in [-0.39, 0.29) is 5.91 Å². The maximum absolute atomic E-state index is 12.9. The third-order valence-electron chi connectivity index (χ3n) is 5.11. The fourth-order valence-corrected chi connectivity index (χ4v) is 3.62. The van der Waals surface area contributed by atoms with Gasteiger partial charge in [-0.3, -0.25) is 9.78 Å². The summed E-state index contributed by atoms with van der Waals surface area (Å²) in [6.07, 6.45) is 1.81. The van der Waals surface area contributed by atoms with Gasteiger partial charge in [-0.05, 0) is 49.6 Å². The van der Waals surface area contributed by atoms with Crippen molar-refractivity contribution in [2.75, 3.05) is 13.1 Å². The Labute approximate surface area is 141 Å². The molecule has 0 bridgehead atoms. The van der Waals surface area contributed by atoms with Gasteiger partial charge >= 0.3 is 0 Å². The van der Waals surface area contributed by atoms with E-state index in [4.69, 9.17) is 0 Å². The molecule has 1 N–H and O–H groups in total. The Morgan fingerprint density at radius 3 is 2.54 bits per heavy atom. The number of rotatable bonds is 2. The van der Waals surface area contributed by atoms with Gasteiger partial charge in [0, 0.05) is 41.8 Å². The predicted molar refractivity (Wildman–Crippen MR) is 95.4 cm³/mol. The minimum atomic E-state index is 0.0923. The van der Waals surface area contributed by atoms with Crippen LogP contribution in [0.25, 0.3) is 10.9 Å². The lowest BCUT2D eigenvalue weighted by Crippen LogP contribution is -2.49. The van der Waals surface area contributed by atoms with Crippen LogP contribution in [0.1, 0.15) is 38.8 Å². The van der Waals surface area contributed by atoms with Crippen molar-refractivity contribution in [2.24, 2.45) is 0 Å². The summed E-state index contributed by atoms with van der Waals surface area (Å²) < 4.78 is 0. The van der Waals surface area contributed by atoms with E-state index in [0.717, 1.165) is 35.6 Å². The quantitative estimate of drug-likeness (QED) is 0.782. The molecule has 1 amide bonds. The van der Waals surface area contributed by atoms with Crippen molar-refractivity contribution in [3.8, 4) is 0 Å². The summed E-state index contributed by atoms with van der Waals surface area (Å²) in [5.74, 6) is 0.443. The molecular weight excluding hydrogens is 298 g/mol. The molecular formula is C20H21N3O. The maximum atomic E-state index is 12.9. The van der Waals surface area contributed by atoms with E-state index in [1.807, 2.05) is 36.2 Å². The van der Waals surface area contributed by atoms with Gasteiger partial charge in [-0.2, -0.15) is 0 Å². The van der Waals surface area contributed by atoms with Crippen molar-refractivity contribution in [3.63, 3.8) is 0 Å². The smallest absolute Gasteiger partial charge is 0.270 e. The fourth-order valence-electron chi connectivity index (χ4n) is 3.62. The van der Waals surface area contributed by atoms with Crippen LogP contribution in [0.15, 0.2) is 36.5 Å². The summed E-state index contributed by atoms with van der Waals surface area (Å²) in [7, 11) is 0. The molecule has 1 fully saturated rings. The van der Waals surface area contributed by atoms with Gasteiger partial charge in [0.05, 0.1) is 0 Å². The number of hydrogen-bond acceptors (Lipinski definition) is 2. The Morgan fingerprint density at radius 1 is 1.12 bits per heavy atom. The highest BCUT2D eigenvalue weighted by Crippen LogP contribution is 2.31. The summed E-state index contributed by atoms with van der Waals surface area (Å²) in [4.78, 5) is 22.6. The molecule has 0 atom stereocenters. The second kappa shape index (κ2) is 5.48. The Morgan fingerprint density at radius 2 is 1.88 bits per heavy atom. The molecule has 24 heavy (non-hydrogen) atoms. The normalized spacial score (nSPS) is 14.9. The van der Waals surface area contributed by atoms with E-state index in [2.05, 4.69) is 35.9 Å². The average Bonchev–Trinajstić information content (AvgIpc) is 2.89. The molecule has 2 aromatic heterocycles. The molecule has 1 aromatic carbocycles. The number of benzene rings is 1. The van der Waals surface area contributed by atoms with Crippen molar-refractivity contribution in [1.29, 1.82) is 0 Å². The van der Waals surface area contributed by atoms with E-state index < -0.39 is 0 Å². The number of fused-ring (bicyclic) bond motifs is 1. The third-order valence-corrected chi connectivity index (χ3v) is 5.11. The van der Waals surface area contributed by atoms with Crippen LogP contribution in [-0.2, 0) is 0 Å². The van der Waals surface area contributed by atoms with Crippen LogP contribution in [0.2, 0.25) is 0 Å². The van der Waals surface area contributed by atoms with E-state index in [1.165, 1.54) is 16.5 Å². The van der Waals surface area contributed by atoms with Crippen LogP contribution in [0.4, 0.5) is 0 Å². The van der Waals surface area contributed by atoms with E-state index in [9.17, 15) is 4.79 Å². The molecule has 4 heteroatoms. The number of aromatic nitrogens is 2. The van der Waals surface area contributed by atoms with Crippen LogP contribution in [0.5, 0.6) is 0 Å². The molecule has 0 unspecified atom stereocenters. The standard InChI is InChI=1S/C20H21N3O/c1-12-7-8-13(2)18-17(12)14(3)19(22-18)20(24)23-10-15(11-23)16-6-4-5-9-21-16/h4-9,15,22H,10-11H2,1-3H3. The van der Waals surface area contributed by atoms with Gasteiger partial charge < -0.3 is 9.88 Å². The SMILES string of the molecule is Cc1ccc(C)c2c(C)c(C(=O)N3CC(c4ccccn4)C3)[nH]c12. The first-order valence-electron chi connectivity index (χ1n) is 8.35. The summed E-state index contributed by atoms with van der Waals surface area (Å²) in [6, 6.07) is 10.2. The second-order valence-corrected chi connectivity index (χ2v) is 6.74. The lowest BCUT2D eigenvalue weighted by Gasteiger charge is -2.38. The van der Waals surface area contributed by atoms with Gasteiger partial charge in [-0.25, -0.2) is 0 Å². The Hall–Kier alpha value is -2.62. The number of carbonyl (C=O) groups excluding carboxylic acids is 1. The highest BCUT2D eigenvalue weighted by Gasteiger charge is 2.34. The van der Waals surface area contributed by atoms with Crippen molar-refractivity contribution in [2.45, 2.75) is 26.7 Å². The molecule has 1 saturated heterocycles. The minimum absolute atomic E-state index is 0.0923. The summed E-state index contributed by atoms with van der Waals surface area (Å²) in [6.45, 7) is 7.68. The minimum Gasteiger partial charge on any atom is -0.350 e. The molecule has 0 radical (unpaired) electrons. The number of likely N-dealkylation sites (tertiary alicyclic amines) is 1. The zero-order valence-corrected chi connectivity index (χ0v) is 14.3. The van der Waals surface area contributed by atoms with Gasteiger partial charge in [0.1, 0.15) is 5.69 Å². The van der Waals surface area contributed by atoms with Gasteiger partial charge in [-0.1, -0.05) is 18.2 Å². The first kappa shape index (κ1) is 14.9. The Bertz CT molecular complexity index is 921. The third kappa shape index (κ3) is 2.21. The van der Waals surface area contributed by atoms with E-state index >= 15 is 0 Å². The molecule has 4 nitrogen and oxygen atoms in total. The van der Waals surface area contributed by atoms with Crippen molar-refractivity contribution >= 4 is 16.8 Å². The lowest BCUT2D eigenvalue weighted by molar-refractivity contribution is 0.0593. The number of pyridine rings is 1. The van der Waals surface area contributed by atoms with E-state index in [1.54, 1.807) is 0 Å². The first-order valence-corrected chi connectivity index (χ1v) is 8.35. The molecule has 0 aliphatic carbocycles. The van der Waals surface area contributed by atoms with Crippen LogP contribution < -0.4 is 0 Å². The largest absolute Gasteiger partial charge is 0.350 e. The van der Waals surface area contributed by atoms with E-state index in [0.29, 0.717) is 5.92 Å². The zero-order valence-electron chi connectivity index (χ0n) is 14.3.